The molecule has 3 heterocycles. The fraction of sp³-hybridized carbons (Fsp3) is 0.0270. The summed E-state index contributed by atoms with van der Waals surface area (Å²) in [7, 11) is 0. The van der Waals surface area contributed by atoms with Gasteiger partial charge in [0.25, 0.3) is 0 Å². The molecule has 1 N–H and O–H groups in total. The van der Waals surface area contributed by atoms with Gasteiger partial charge in [0.2, 0.25) is 0 Å². The summed E-state index contributed by atoms with van der Waals surface area (Å²) in [4.78, 5) is 3.70. The maximum atomic E-state index is 6.56. The molecule has 0 radical (unpaired) electrons. The van der Waals surface area contributed by atoms with Crippen LogP contribution < -0.4 is 0 Å². The molecule has 0 amide bonds. The Morgan fingerprint density at radius 1 is 0.575 bits per heavy atom. The molecule has 3 aromatic heterocycles. The van der Waals surface area contributed by atoms with Gasteiger partial charge in [-0.1, -0.05) is 84.9 Å². The summed E-state index contributed by atoms with van der Waals surface area (Å²) >= 11 is 0. The van der Waals surface area contributed by atoms with E-state index in [4.69, 9.17) is 4.42 Å². The average molecular weight is 513 g/mol. The van der Waals surface area contributed by atoms with Crippen molar-refractivity contribution in [2.75, 3.05) is 0 Å². The van der Waals surface area contributed by atoms with Crippen molar-refractivity contribution in [1.29, 1.82) is 0 Å². The Kier molecular flexibility index (Phi) is 4.26. The number of hydrogen-bond acceptors (Lipinski definition) is 1. The lowest BCUT2D eigenvalue weighted by molar-refractivity contribution is 0.671. The van der Waals surface area contributed by atoms with Gasteiger partial charge in [0.05, 0.1) is 16.6 Å². The van der Waals surface area contributed by atoms with Gasteiger partial charge >= 0.3 is 0 Å². The number of hydrogen-bond donors (Lipinski definition) is 1. The maximum Gasteiger partial charge on any atom is 0.160 e. The number of fused-ring (bicyclic) bond motifs is 10. The van der Waals surface area contributed by atoms with E-state index >= 15 is 0 Å². The van der Waals surface area contributed by atoms with Crippen LogP contribution >= 0.6 is 0 Å². The van der Waals surface area contributed by atoms with E-state index in [1.54, 1.807) is 0 Å². The summed E-state index contributed by atoms with van der Waals surface area (Å²) in [6.45, 7) is 2.20. The highest BCUT2D eigenvalue weighted by Gasteiger charge is 2.20. The SMILES string of the molecule is Cc1ccc(-n2c3ccccc3c3ccc4c5ccccc5oc4c32)cc1-c1cccc2c1[nH]c1ccccc12. The highest BCUT2D eigenvalue weighted by molar-refractivity contribution is 6.21. The van der Waals surface area contributed by atoms with Crippen molar-refractivity contribution < 1.29 is 4.42 Å². The van der Waals surface area contributed by atoms with Crippen molar-refractivity contribution in [3.05, 3.63) is 127 Å². The Morgan fingerprint density at radius 2 is 1.32 bits per heavy atom. The monoisotopic (exact) mass is 512 g/mol. The molecule has 0 spiro atoms. The van der Waals surface area contributed by atoms with Crippen LogP contribution in [0.1, 0.15) is 5.56 Å². The highest BCUT2D eigenvalue weighted by atomic mass is 16.3. The van der Waals surface area contributed by atoms with E-state index in [1.165, 1.54) is 49.3 Å². The Bertz CT molecular complexity index is 2450. The Labute approximate surface area is 229 Å². The molecule has 0 bridgehead atoms. The highest BCUT2D eigenvalue weighted by Crippen LogP contribution is 2.41. The van der Waals surface area contributed by atoms with Gasteiger partial charge in [-0.25, -0.2) is 0 Å². The molecule has 0 fully saturated rings. The minimum Gasteiger partial charge on any atom is -0.454 e. The molecule has 0 aliphatic carbocycles. The van der Waals surface area contributed by atoms with Crippen LogP contribution in [0.2, 0.25) is 0 Å². The van der Waals surface area contributed by atoms with E-state index in [1.807, 2.05) is 6.07 Å². The van der Waals surface area contributed by atoms with Gasteiger partial charge in [-0.2, -0.15) is 0 Å². The average Bonchev–Trinajstić information content (AvgIpc) is 3.67. The van der Waals surface area contributed by atoms with E-state index in [9.17, 15) is 0 Å². The second-order valence-electron chi connectivity index (χ2n) is 10.7. The van der Waals surface area contributed by atoms with E-state index in [0.29, 0.717) is 0 Å². The van der Waals surface area contributed by atoms with Crippen LogP contribution in [-0.4, -0.2) is 9.55 Å². The molecule has 40 heavy (non-hydrogen) atoms. The molecule has 188 valence electrons. The Balaban J connectivity index is 1.38. The lowest BCUT2D eigenvalue weighted by Gasteiger charge is -2.13. The van der Waals surface area contributed by atoms with E-state index in [0.717, 1.165) is 38.7 Å². The van der Waals surface area contributed by atoms with Crippen LogP contribution in [0.4, 0.5) is 0 Å². The first kappa shape index (κ1) is 21.6. The minimum atomic E-state index is 0.914. The van der Waals surface area contributed by atoms with Crippen LogP contribution in [0, 0.1) is 6.92 Å². The van der Waals surface area contributed by atoms with Crippen molar-refractivity contribution >= 4 is 65.6 Å². The lowest BCUT2D eigenvalue weighted by Crippen LogP contribution is -1.96. The van der Waals surface area contributed by atoms with E-state index in [2.05, 4.69) is 132 Å². The summed E-state index contributed by atoms with van der Waals surface area (Å²) in [5.74, 6) is 0. The second kappa shape index (κ2) is 7.87. The smallest absolute Gasteiger partial charge is 0.160 e. The van der Waals surface area contributed by atoms with Gasteiger partial charge in [0.15, 0.2) is 5.58 Å². The van der Waals surface area contributed by atoms with Gasteiger partial charge in [-0.3, -0.25) is 0 Å². The molecule has 0 aliphatic heterocycles. The summed E-state index contributed by atoms with van der Waals surface area (Å²) in [6.07, 6.45) is 0. The molecule has 0 aliphatic rings. The van der Waals surface area contributed by atoms with Crippen LogP contribution in [0.5, 0.6) is 0 Å². The molecule has 6 aromatic carbocycles. The zero-order valence-electron chi connectivity index (χ0n) is 21.9. The van der Waals surface area contributed by atoms with Crippen molar-refractivity contribution in [2.45, 2.75) is 6.92 Å². The topological polar surface area (TPSA) is 33.9 Å². The largest absolute Gasteiger partial charge is 0.454 e. The number of rotatable bonds is 2. The van der Waals surface area contributed by atoms with Crippen LogP contribution in [-0.2, 0) is 0 Å². The molecule has 0 atom stereocenters. The summed E-state index contributed by atoms with van der Waals surface area (Å²) in [5, 5.41) is 7.21. The third kappa shape index (κ3) is 2.84. The molecule has 0 saturated carbocycles. The first-order chi connectivity index (χ1) is 19.8. The third-order valence-corrected chi connectivity index (χ3v) is 8.49. The van der Waals surface area contributed by atoms with Crippen molar-refractivity contribution in [2.24, 2.45) is 0 Å². The molecule has 3 nitrogen and oxygen atoms in total. The predicted molar refractivity (Wildman–Crippen MR) is 168 cm³/mol. The quantitative estimate of drug-likeness (QED) is 0.246. The van der Waals surface area contributed by atoms with Crippen LogP contribution in [0.15, 0.2) is 126 Å². The number of nitrogens with zero attached hydrogens (tertiary/aromatic N) is 1. The molecule has 3 heteroatoms. The van der Waals surface area contributed by atoms with Gasteiger partial charge < -0.3 is 14.0 Å². The number of nitrogens with one attached hydrogen (secondary N) is 1. The molecule has 0 saturated heterocycles. The van der Waals surface area contributed by atoms with Crippen molar-refractivity contribution in [1.82, 2.24) is 9.55 Å². The van der Waals surface area contributed by atoms with Gasteiger partial charge in [-0.15, -0.1) is 0 Å². The number of aromatic amines is 1. The standard InChI is InChI=1S/C37H24N2O/c1-22-17-18-23(21-31(22)28-13-8-12-27-24-9-2-5-14-32(24)38-35(27)28)39-33-15-6-3-10-25(33)29-19-20-30-26-11-4-7-16-34(26)40-37(30)36(29)39/h2-21,38H,1H3. The lowest BCUT2D eigenvalue weighted by atomic mass is 9.97. The molecule has 9 rings (SSSR count). The normalized spacial score (nSPS) is 12.1. The summed E-state index contributed by atoms with van der Waals surface area (Å²) in [6, 6.07) is 43.4. The van der Waals surface area contributed by atoms with E-state index < -0.39 is 0 Å². The number of aryl methyl sites for hydroxylation is 1. The van der Waals surface area contributed by atoms with Gasteiger partial charge in [0.1, 0.15) is 5.58 Å². The Morgan fingerprint density at radius 3 is 2.25 bits per heavy atom. The number of benzene rings is 6. The van der Waals surface area contributed by atoms with Gasteiger partial charge in [-0.05, 0) is 54.4 Å². The van der Waals surface area contributed by atoms with Gasteiger partial charge in [0, 0.05) is 49.1 Å². The number of H-pyrrole nitrogens is 1. The maximum absolute atomic E-state index is 6.56. The Hall–Kier alpha value is -5.28. The number of aromatic nitrogens is 2. The summed E-state index contributed by atoms with van der Waals surface area (Å²) in [5.41, 5.74) is 11.2. The fourth-order valence-corrected chi connectivity index (χ4v) is 6.64. The van der Waals surface area contributed by atoms with E-state index in [-0.39, 0.29) is 0 Å². The second-order valence-corrected chi connectivity index (χ2v) is 10.7. The molecular formula is C37H24N2O. The van der Waals surface area contributed by atoms with Crippen molar-refractivity contribution in [3.8, 4) is 16.8 Å². The molecular weight excluding hydrogens is 488 g/mol. The predicted octanol–water partition coefficient (Wildman–Crippen LogP) is 10.3. The zero-order chi connectivity index (χ0) is 26.4. The van der Waals surface area contributed by atoms with Crippen LogP contribution in [0.3, 0.4) is 0 Å². The summed E-state index contributed by atoms with van der Waals surface area (Å²) < 4.78 is 8.94. The van der Waals surface area contributed by atoms with Crippen molar-refractivity contribution in [3.63, 3.8) is 0 Å². The fourth-order valence-electron chi connectivity index (χ4n) is 6.64. The molecule has 0 unspecified atom stereocenters. The number of furan rings is 1. The minimum absolute atomic E-state index is 0.914. The first-order valence-corrected chi connectivity index (χ1v) is 13.7. The van der Waals surface area contributed by atoms with Crippen LogP contribution in [0.25, 0.3) is 82.4 Å². The first-order valence-electron chi connectivity index (χ1n) is 13.7. The number of para-hydroxylation sites is 4. The molecule has 9 aromatic rings. The zero-order valence-corrected chi connectivity index (χ0v) is 21.9. The third-order valence-electron chi connectivity index (χ3n) is 8.49.